The SMILES string of the molecule is COc1ccc(CCN(C)C2c3ccccc3C=Cc3ccccc32)cc1OC. The fourth-order valence-corrected chi connectivity index (χ4v) is 4.12. The van der Waals surface area contributed by atoms with Crippen LogP contribution >= 0.6 is 0 Å². The van der Waals surface area contributed by atoms with Crippen molar-refractivity contribution in [3.63, 3.8) is 0 Å². The van der Waals surface area contributed by atoms with Crippen LogP contribution in [-0.2, 0) is 6.42 Å². The molecule has 148 valence electrons. The lowest BCUT2D eigenvalue weighted by Gasteiger charge is -2.30. The molecule has 0 unspecified atom stereocenters. The Balaban J connectivity index is 1.62. The molecule has 1 aliphatic carbocycles. The number of fused-ring (bicyclic) bond motifs is 2. The zero-order valence-electron chi connectivity index (χ0n) is 17.3. The molecule has 3 heteroatoms. The van der Waals surface area contributed by atoms with E-state index in [2.05, 4.69) is 84.8 Å². The van der Waals surface area contributed by atoms with Gasteiger partial charge in [-0.2, -0.15) is 0 Å². The van der Waals surface area contributed by atoms with Gasteiger partial charge in [-0.1, -0.05) is 66.7 Å². The van der Waals surface area contributed by atoms with Gasteiger partial charge in [0.25, 0.3) is 0 Å². The Bertz CT molecular complexity index is 975. The van der Waals surface area contributed by atoms with Gasteiger partial charge in [-0.05, 0) is 53.4 Å². The van der Waals surface area contributed by atoms with E-state index in [4.69, 9.17) is 9.47 Å². The Kier molecular flexibility index (Phi) is 5.68. The highest BCUT2D eigenvalue weighted by Crippen LogP contribution is 2.36. The summed E-state index contributed by atoms with van der Waals surface area (Å²) < 4.78 is 10.8. The van der Waals surface area contributed by atoms with E-state index in [-0.39, 0.29) is 6.04 Å². The van der Waals surface area contributed by atoms with Crippen LogP contribution in [0.4, 0.5) is 0 Å². The van der Waals surface area contributed by atoms with Crippen LogP contribution in [-0.4, -0.2) is 32.7 Å². The molecule has 0 atom stereocenters. The van der Waals surface area contributed by atoms with E-state index in [9.17, 15) is 0 Å². The molecule has 0 heterocycles. The Morgan fingerprint density at radius 3 is 1.93 bits per heavy atom. The molecule has 0 aromatic heterocycles. The summed E-state index contributed by atoms with van der Waals surface area (Å²) in [5, 5.41) is 0. The van der Waals surface area contributed by atoms with Gasteiger partial charge in [0.1, 0.15) is 0 Å². The summed E-state index contributed by atoms with van der Waals surface area (Å²) in [6, 6.07) is 23.8. The van der Waals surface area contributed by atoms with Crippen molar-refractivity contribution in [3.05, 3.63) is 94.5 Å². The molecular weight excluding hydrogens is 358 g/mol. The van der Waals surface area contributed by atoms with Gasteiger partial charge in [-0.3, -0.25) is 4.90 Å². The number of hydrogen-bond donors (Lipinski definition) is 0. The predicted molar refractivity (Wildman–Crippen MR) is 120 cm³/mol. The lowest BCUT2D eigenvalue weighted by molar-refractivity contribution is 0.282. The number of benzene rings is 3. The summed E-state index contributed by atoms with van der Waals surface area (Å²) in [4.78, 5) is 2.45. The molecule has 0 radical (unpaired) electrons. The maximum Gasteiger partial charge on any atom is 0.160 e. The van der Waals surface area contributed by atoms with Gasteiger partial charge < -0.3 is 9.47 Å². The van der Waals surface area contributed by atoms with Crippen molar-refractivity contribution in [1.82, 2.24) is 4.90 Å². The van der Waals surface area contributed by atoms with Crippen LogP contribution in [0.3, 0.4) is 0 Å². The predicted octanol–water partition coefficient (Wildman–Crippen LogP) is 5.45. The Hall–Kier alpha value is -3.04. The second-order valence-electron chi connectivity index (χ2n) is 7.41. The molecule has 0 aliphatic heterocycles. The van der Waals surface area contributed by atoms with Crippen molar-refractivity contribution in [3.8, 4) is 11.5 Å². The number of rotatable bonds is 6. The van der Waals surface area contributed by atoms with Crippen LogP contribution < -0.4 is 9.47 Å². The van der Waals surface area contributed by atoms with E-state index in [1.54, 1.807) is 14.2 Å². The monoisotopic (exact) mass is 385 g/mol. The van der Waals surface area contributed by atoms with Crippen LogP contribution in [0.25, 0.3) is 12.2 Å². The molecule has 0 amide bonds. The summed E-state index contributed by atoms with van der Waals surface area (Å²) in [7, 11) is 5.56. The smallest absolute Gasteiger partial charge is 0.160 e. The third-order valence-electron chi connectivity index (χ3n) is 5.67. The maximum absolute atomic E-state index is 5.46. The number of ether oxygens (including phenoxy) is 2. The van der Waals surface area contributed by atoms with Crippen molar-refractivity contribution in [2.45, 2.75) is 12.5 Å². The molecular formula is C26H27NO2. The normalized spacial score (nSPS) is 13.0. The van der Waals surface area contributed by atoms with Gasteiger partial charge in [0.05, 0.1) is 20.3 Å². The molecule has 0 fully saturated rings. The Morgan fingerprint density at radius 2 is 1.34 bits per heavy atom. The van der Waals surface area contributed by atoms with E-state index >= 15 is 0 Å². The first kappa shape index (κ1) is 19.3. The zero-order chi connectivity index (χ0) is 20.2. The largest absolute Gasteiger partial charge is 0.493 e. The molecule has 29 heavy (non-hydrogen) atoms. The van der Waals surface area contributed by atoms with Gasteiger partial charge in [0, 0.05) is 6.54 Å². The molecule has 3 aromatic carbocycles. The van der Waals surface area contributed by atoms with Crippen LogP contribution in [0.5, 0.6) is 11.5 Å². The van der Waals surface area contributed by atoms with Gasteiger partial charge in [-0.15, -0.1) is 0 Å². The maximum atomic E-state index is 5.46. The van der Waals surface area contributed by atoms with E-state index in [1.165, 1.54) is 27.8 Å². The van der Waals surface area contributed by atoms with Crippen molar-refractivity contribution >= 4 is 12.2 Å². The summed E-state index contributed by atoms with van der Waals surface area (Å²) in [6.45, 7) is 0.933. The fraction of sp³-hybridized carbons (Fsp3) is 0.231. The molecule has 0 N–H and O–H groups in total. The molecule has 0 bridgehead atoms. The van der Waals surface area contributed by atoms with Gasteiger partial charge in [-0.25, -0.2) is 0 Å². The molecule has 0 spiro atoms. The lowest BCUT2D eigenvalue weighted by atomic mass is 9.93. The average molecular weight is 386 g/mol. The topological polar surface area (TPSA) is 21.7 Å². The Morgan fingerprint density at radius 1 is 0.759 bits per heavy atom. The zero-order valence-corrected chi connectivity index (χ0v) is 17.3. The highest BCUT2D eigenvalue weighted by molar-refractivity contribution is 5.76. The highest BCUT2D eigenvalue weighted by Gasteiger charge is 2.24. The van der Waals surface area contributed by atoms with E-state index in [0.717, 1.165) is 24.5 Å². The van der Waals surface area contributed by atoms with Gasteiger partial charge in [0.2, 0.25) is 0 Å². The molecule has 1 aliphatic rings. The van der Waals surface area contributed by atoms with Gasteiger partial charge in [0.15, 0.2) is 11.5 Å². The van der Waals surface area contributed by atoms with Crippen molar-refractivity contribution in [2.75, 3.05) is 27.8 Å². The number of hydrogen-bond acceptors (Lipinski definition) is 3. The van der Waals surface area contributed by atoms with Crippen LogP contribution in [0.1, 0.15) is 33.9 Å². The van der Waals surface area contributed by atoms with Crippen LogP contribution in [0, 0.1) is 0 Å². The second-order valence-corrected chi connectivity index (χ2v) is 7.41. The Labute approximate surface area is 173 Å². The second kappa shape index (κ2) is 8.54. The first-order valence-corrected chi connectivity index (χ1v) is 9.98. The minimum Gasteiger partial charge on any atom is -0.493 e. The van der Waals surface area contributed by atoms with Crippen LogP contribution in [0.15, 0.2) is 66.7 Å². The average Bonchev–Trinajstić information content (AvgIpc) is 2.94. The molecule has 3 aromatic rings. The standard InChI is InChI=1S/C26H27NO2/c1-27(17-16-19-12-15-24(28-2)25(18-19)29-3)26-22-10-6-4-8-20(22)13-14-21-9-5-7-11-23(21)26/h4-15,18,26H,16-17H2,1-3H3. The van der Waals surface area contributed by atoms with Crippen molar-refractivity contribution in [2.24, 2.45) is 0 Å². The number of nitrogens with zero attached hydrogens (tertiary/aromatic N) is 1. The third-order valence-corrected chi connectivity index (χ3v) is 5.67. The number of likely N-dealkylation sites (N-methyl/N-ethyl adjacent to an activating group) is 1. The number of methoxy groups -OCH3 is 2. The highest BCUT2D eigenvalue weighted by atomic mass is 16.5. The van der Waals surface area contributed by atoms with Crippen molar-refractivity contribution < 1.29 is 9.47 Å². The molecule has 0 saturated heterocycles. The molecule has 4 rings (SSSR count). The summed E-state index contributed by atoms with van der Waals surface area (Å²) >= 11 is 0. The minimum atomic E-state index is 0.220. The first-order chi connectivity index (χ1) is 14.2. The van der Waals surface area contributed by atoms with Crippen LogP contribution in [0.2, 0.25) is 0 Å². The van der Waals surface area contributed by atoms with Gasteiger partial charge >= 0.3 is 0 Å². The summed E-state index contributed by atoms with van der Waals surface area (Å²) in [5.74, 6) is 1.55. The van der Waals surface area contributed by atoms with E-state index in [0.29, 0.717) is 0 Å². The minimum absolute atomic E-state index is 0.220. The van der Waals surface area contributed by atoms with Crippen molar-refractivity contribution in [1.29, 1.82) is 0 Å². The summed E-state index contributed by atoms with van der Waals surface area (Å²) in [5.41, 5.74) is 6.51. The first-order valence-electron chi connectivity index (χ1n) is 9.98. The fourth-order valence-electron chi connectivity index (χ4n) is 4.12. The van der Waals surface area contributed by atoms with E-state index in [1.807, 2.05) is 6.07 Å². The lowest BCUT2D eigenvalue weighted by Crippen LogP contribution is -2.28. The molecule has 3 nitrogen and oxygen atoms in total. The van der Waals surface area contributed by atoms with E-state index < -0.39 is 0 Å². The quantitative estimate of drug-likeness (QED) is 0.563. The third kappa shape index (κ3) is 3.92. The summed E-state index contributed by atoms with van der Waals surface area (Å²) in [6.07, 6.45) is 5.40. The molecule has 0 saturated carbocycles.